The highest BCUT2D eigenvalue weighted by atomic mass is 35.5. The van der Waals surface area contributed by atoms with Gasteiger partial charge in [0, 0.05) is 18.5 Å². The minimum atomic E-state index is -0.167. The van der Waals surface area contributed by atoms with Gasteiger partial charge in [0.25, 0.3) is 0 Å². The predicted octanol–water partition coefficient (Wildman–Crippen LogP) is 1.89. The molecular formula is C8H14ClNO. The summed E-state index contributed by atoms with van der Waals surface area (Å²) < 4.78 is 0. The van der Waals surface area contributed by atoms with Crippen LogP contribution in [0.1, 0.15) is 13.8 Å². The zero-order valence-electron chi connectivity index (χ0n) is 6.77. The van der Waals surface area contributed by atoms with E-state index in [9.17, 15) is 0 Å². The van der Waals surface area contributed by atoms with Crippen molar-refractivity contribution in [2.45, 2.75) is 20.0 Å². The van der Waals surface area contributed by atoms with Gasteiger partial charge in [0.05, 0.1) is 0 Å². The molecule has 0 aromatic carbocycles. The first-order valence-corrected chi connectivity index (χ1v) is 3.26. The maximum atomic E-state index is 8.06. The normalized spacial score (nSPS) is 7.64. The molecule has 64 valence electrons. The van der Waals surface area contributed by atoms with Crippen molar-refractivity contribution in [3.8, 4) is 0 Å². The second kappa shape index (κ2) is 9.40. The van der Waals surface area contributed by atoms with Crippen molar-refractivity contribution in [2.24, 2.45) is 0 Å². The Morgan fingerprint density at radius 2 is 1.45 bits per heavy atom. The summed E-state index contributed by atoms with van der Waals surface area (Å²) in [6, 6.07) is 5.72. The zero-order chi connectivity index (χ0) is 7.82. The van der Waals surface area contributed by atoms with E-state index in [0.29, 0.717) is 0 Å². The third kappa shape index (κ3) is 17.7. The van der Waals surface area contributed by atoms with Gasteiger partial charge in [-0.2, -0.15) is 0 Å². The van der Waals surface area contributed by atoms with Crippen LogP contribution in [0.2, 0.25) is 0 Å². The van der Waals surface area contributed by atoms with Gasteiger partial charge in [0.15, 0.2) is 0 Å². The van der Waals surface area contributed by atoms with E-state index in [4.69, 9.17) is 5.11 Å². The Morgan fingerprint density at radius 1 is 1.09 bits per heavy atom. The van der Waals surface area contributed by atoms with Crippen LogP contribution < -0.4 is 0 Å². The molecule has 1 aromatic rings. The Bertz CT molecular complexity index is 115. The molecule has 1 heterocycles. The fourth-order valence-corrected chi connectivity index (χ4v) is 0.313. The molecule has 1 N–H and O–H groups in total. The smallest absolute Gasteiger partial charge is 0.0483 e. The maximum Gasteiger partial charge on any atom is 0.0483 e. The lowest BCUT2D eigenvalue weighted by atomic mass is 10.5. The van der Waals surface area contributed by atoms with Crippen molar-refractivity contribution in [2.75, 3.05) is 0 Å². The van der Waals surface area contributed by atoms with Crippen LogP contribution in [0.5, 0.6) is 0 Å². The molecule has 0 fully saturated rings. The fourth-order valence-electron chi connectivity index (χ4n) is 0.313. The summed E-state index contributed by atoms with van der Waals surface area (Å²) in [5.74, 6) is 0. The first kappa shape index (κ1) is 13.0. The molecule has 0 spiro atoms. The standard InChI is InChI=1S/C5H5N.C3H8O.ClH/c1-2-4-6-5-3-1;1-3(2)4;/h1-5H;3-4H,1-2H3;1H. The average Bonchev–Trinajstić information content (AvgIpc) is 1.90. The highest BCUT2D eigenvalue weighted by molar-refractivity contribution is 5.85. The summed E-state index contributed by atoms with van der Waals surface area (Å²) in [4.78, 5) is 3.78. The Morgan fingerprint density at radius 3 is 1.55 bits per heavy atom. The first-order valence-electron chi connectivity index (χ1n) is 3.26. The third-order valence-electron chi connectivity index (χ3n) is 0.566. The van der Waals surface area contributed by atoms with Crippen LogP contribution in [0.3, 0.4) is 0 Å². The van der Waals surface area contributed by atoms with Crippen molar-refractivity contribution in [3.63, 3.8) is 0 Å². The molecule has 0 amide bonds. The first-order chi connectivity index (χ1) is 4.73. The van der Waals surface area contributed by atoms with Gasteiger partial charge >= 0.3 is 0 Å². The molecule has 2 nitrogen and oxygen atoms in total. The van der Waals surface area contributed by atoms with Gasteiger partial charge in [-0.1, -0.05) is 6.07 Å². The van der Waals surface area contributed by atoms with E-state index in [0.717, 1.165) is 0 Å². The van der Waals surface area contributed by atoms with Crippen LogP contribution in [-0.4, -0.2) is 16.2 Å². The van der Waals surface area contributed by atoms with Gasteiger partial charge in [0.1, 0.15) is 0 Å². The Hall–Kier alpha value is -0.600. The van der Waals surface area contributed by atoms with Crippen LogP contribution in [0, 0.1) is 0 Å². The molecule has 11 heavy (non-hydrogen) atoms. The number of aliphatic hydroxyl groups is 1. The Kier molecular flexibility index (Phi) is 11.1. The zero-order valence-corrected chi connectivity index (χ0v) is 7.58. The Balaban J connectivity index is 0. The largest absolute Gasteiger partial charge is 0.394 e. The molecule has 0 aliphatic heterocycles. The quantitative estimate of drug-likeness (QED) is 0.654. The van der Waals surface area contributed by atoms with E-state index in [1.165, 1.54) is 0 Å². The van der Waals surface area contributed by atoms with E-state index >= 15 is 0 Å². The molecular weight excluding hydrogens is 162 g/mol. The third-order valence-corrected chi connectivity index (χ3v) is 0.566. The molecule has 0 atom stereocenters. The highest BCUT2D eigenvalue weighted by Gasteiger charge is 1.69. The van der Waals surface area contributed by atoms with E-state index in [1.807, 2.05) is 18.2 Å². The van der Waals surface area contributed by atoms with Gasteiger partial charge in [-0.3, -0.25) is 4.98 Å². The molecule has 0 unspecified atom stereocenters. The molecule has 0 saturated heterocycles. The van der Waals surface area contributed by atoms with E-state index in [1.54, 1.807) is 26.2 Å². The number of nitrogens with zero attached hydrogens (tertiary/aromatic N) is 1. The van der Waals surface area contributed by atoms with E-state index in [-0.39, 0.29) is 18.5 Å². The minimum absolute atomic E-state index is 0. The number of rotatable bonds is 0. The number of pyridine rings is 1. The number of halogens is 1. The average molecular weight is 176 g/mol. The molecule has 1 aromatic heterocycles. The van der Waals surface area contributed by atoms with Crippen molar-refractivity contribution in [1.82, 2.24) is 4.98 Å². The van der Waals surface area contributed by atoms with Crippen molar-refractivity contribution in [3.05, 3.63) is 30.6 Å². The van der Waals surface area contributed by atoms with Gasteiger partial charge in [-0.05, 0) is 26.0 Å². The molecule has 0 bridgehead atoms. The predicted molar refractivity (Wildman–Crippen MR) is 48.8 cm³/mol. The number of aliphatic hydroxyl groups excluding tert-OH is 1. The maximum absolute atomic E-state index is 8.06. The summed E-state index contributed by atoms with van der Waals surface area (Å²) >= 11 is 0. The second-order valence-electron chi connectivity index (χ2n) is 2.12. The number of hydrogen-bond acceptors (Lipinski definition) is 2. The lowest BCUT2D eigenvalue weighted by Crippen LogP contribution is -1.85. The minimum Gasteiger partial charge on any atom is -0.394 e. The monoisotopic (exact) mass is 175 g/mol. The SMILES string of the molecule is CC(C)O.Cl.c1ccncc1. The molecule has 0 aliphatic rings. The molecule has 0 radical (unpaired) electrons. The van der Waals surface area contributed by atoms with Crippen LogP contribution in [0.15, 0.2) is 30.6 Å². The number of aromatic nitrogens is 1. The topological polar surface area (TPSA) is 33.1 Å². The molecule has 3 heteroatoms. The van der Waals surface area contributed by atoms with Crippen LogP contribution in [0.4, 0.5) is 0 Å². The van der Waals surface area contributed by atoms with Crippen LogP contribution in [0.25, 0.3) is 0 Å². The molecule has 1 rings (SSSR count). The van der Waals surface area contributed by atoms with Crippen LogP contribution in [-0.2, 0) is 0 Å². The van der Waals surface area contributed by atoms with E-state index in [2.05, 4.69) is 4.98 Å². The lowest BCUT2D eigenvalue weighted by Gasteiger charge is -1.80. The molecule has 0 saturated carbocycles. The summed E-state index contributed by atoms with van der Waals surface area (Å²) in [5, 5.41) is 8.06. The molecule has 0 aliphatic carbocycles. The second-order valence-corrected chi connectivity index (χ2v) is 2.12. The van der Waals surface area contributed by atoms with Gasteiger partial charge in [0.2, 0.25) is 0 Å². The summed E-state index contributed by atoms with van der Waals surface area (Å²) in [6.45, 7) is 3.44. The van der Waals surface area contributed by atoms with Gasteiger partial charge in [-0.25, -0.2) is 0 Å². The van der Waals surface area contributed by atoms with Crippen molar-refractivity contribution < 1.29 is 5.11 Å². The fraction of sp³-hybridized carbons (Fsp3) is 0.375. The van der Waals surface area contributed by atoms with Crippen LogP contribution >= 0.6 is 12.4 Å². The van der Waals surface area contributed by atoms with E-state index < -0.39 is 0 Å². The van der Waals surface area contributed by atoms with Gasteiger partial charge < -0.3 is 5.11 Å². The lowest BCUT2D eigenvalue weighted by molar-refractivity contribution is 0.216. The van der Waals surface area contributed by atoms with Crippen molar-refractivity contribution >= 4 is 12.4 Å². The highest BCUT2D eigenvalue weighted by Crippen LogP contribution is 1.73. The summed E-state index contributed by atoms with van der Waals surface area (Å²) in [5.41, 5.74) is 0. The summed E-state index contributed by atoms with van der Waals surface area (Å²) in [6.07, 6.45) is 3.33. The van der Waals surface area contributed by atoms with Crippen molar-refractivity contribution in [1.29, 1.82) is 0 Å². The van der Waals surface area contributed by atoms with Gasteiger partial charge in [-0.15, -0.1) is 12.4 Å². The Labute approximate surface area is 73.7 Å². The number of hydrogen-bond donors (Lipinski definition) is 1. The summed E-state index contributed by atoms with van der Waals surface area (Å²) in [7, 11) is 0.